The molecule has 0 atom stereocenters. The van der Waals surface area contributed by atoms with E-state index in [1.807, 2.05) is 38.1 Å². The van der Waals surface area contributed by atoms with Gasteiger partial charge in [-0.15, -0.1) is 0 Å². The molecule has 0 fully saturated rings. The number of aryl methyl sites for hydroxylation is 1. The Labute approximate surface area is 113 Å². The van der Waals surface area contributed by atoms with E-state index in [1.54, 1.807) is 19.5 Å². The van der Waals surface area contributed by atoms with Crippen LogP contribution in [-0.2, 0) is 0 Å². The van der Waals surface area contributed by atoms with Crippen molar-refractivity contribution in [3.05, 3.63) is 42.2 Å². The highest BCUT2D eigenvalue weighted by molar-refractivity contribution is 5.49. The van der Waals surface area contributed by atoms with E-state index in [9.17, 15) is 0 Å². The van der Waals surface area contributed by atoms with Gasteiger partial charge in [0, 0.05) is 12.6 Å². The Bertz CT molecular complexity index is 556. The predicted octanol–water partition coefficient (Wildman–Crippen LogP) is 3.62. The van der Waals surface area contributed by atoms with Crippen molar-refractivity contribution in [3.63, 3.8) is 0 Å². The molecule has 0 aliphatic heterocycles. The summed E-state index contributed by atoms with van der Waals surface area (Å²) in [4.78, 5) is 4.14. The summed E-state index contributed by atoms with van der Waals surface area (Å²) in [6.45, 7) is 4.90. The van der Waals surface area contributed by atoms with Gasteiger partial charge in [-0.3, -0.25) is 4.98 Å². The molecule has 100 valence electrons. The first-order chi connectivity index (χ1) is 9.22. The summed E-state index contributed by atoms with van der Waals surface area (Å²) in [6.07, 6.45) is 3.45. The molecule has 2 rings (SSSR count). The average Bonchev–Trinajstić information content (AvgIpc) is 2.41. The third-order valence-electron chi connectivity index (χ3n) is 2.64. The van der Waals surface area contributed by atoms with Crippen LogP contribution in [0.2, 0.25) is 0 Å². The molecule has 0 saturated carbocycles. The number of aromatic nitrogens is 1. The zero-order chi connectivity index (χ0) is 13.7. The Hall–Kier alpha value is -2.23. The van der Waals surface area contributed by atoms with Crippen LogP contribution < -0.4 is 14.8 Å². The van der Waals surface area contributed by atoms with Gasteiger partial charge in [0.25, 0.3) is 0 Å². The van der Waals surface area contributed by atoms with Crippen LogP contribution >= 0.6 is 0 Å². The molecule has 1 aromatic carbocycles. The van der Waals surface area contributed by atoms with E-state index in [0.29, 0.717) is 17.2 Å². The lowest BCUT2D eigenvalue weighted by Gasteiger charge is -2.11. The Morgan fingerprint density at radius 1 is 1.16 bits per heavy atom. The maximum Gasteiger partial charge on any atom is 0.169 e. The van der Waals surface area contributed by atoms with Crippen molar-refractivity contribution in [2.24, 2.45) is 0 Å². The normalized spacial score (nSPS) is 10.1. The number of rotatable bonds is 5. The quantitative estimate of drug-likeness (QED) is 0.889. The zero-order valence-corrected chi connectivity index (χ0v) is 11.4. The average molecular weight is 258 g/mol. The van der Waals surface area contributed by atoms with E-state index in [1.165, 1.54) is 0 Å². The highest BCUT2D eigenvalue weighted by Crippen LogP contribution is 2.32. The molecule has 1 heterocycles. The summed E-state index contributed by atoms with van der Waals surface area (Å²) in [7, 11) is 1.63. The highest BCUT2D eigenvalue weighted by atomic mass is 16.5. The summed E-state index contributed by atoms with van der Waals surface area (Å²) < 4.78 is 11.1. The van der Waals surface area contributed by atoms with Gasteiger partial charge < -0.3 is 14.8 Å². The van der Waals surface area contributed by atoms with E-state index in [-0.39, 0.29) is 0 Å². The van der Waals surface area contributed by atoms with Gasteiger partial charge in [0.2, 0.25) is 0 Å². The van der Waals surface area contributed by atoms with Gasteiger partial charge in [-0.2, -0.15) is 0 Å². The number of benzene rings is 1. The van der Waals surface area contributed by atoms with Crippen LogP contribution in [0.1, 0.15) is 12.5 Å². The molecule has 0 aliphatic rings. The van der Waals surface area contributed by atoms with E-state index < -0.39 is 0 Å². The second-order valence-electron chi connectivity index (χ2n) is 4.20. The monoisotopic (exact) mass is 258 g/mol. The van der Waals surface area contributed by atoms with Crippen molar-refractivity contribution < 1.29 is 9.47 Å². The second-order valence-corrected chi connectivity index (χ2v) is 4.20. The van der Waals surface area contributed by atoms with Gasteiger partial charge in [0.15, 0.2) is 11.5 Å². The number of nitrogens with zero attached hydrogens (tertiary/aromatic N) is 1. The van der Waals surface area contributed by atoms with Crippen molar-refractivity contribution in [2.45, 2.75) is 13.8 Å². The smallest absolute Gasteiger partial charge is 0.169 e. The van der Waals surface area contributed by atoms with Crippen molar-refractivity contribution in [1.82, 2.24) is 4.98 Å². The third-order valence-corrected chi connectivity index (χ3v) is 2.64. The standard InChI is InChI=1S/C15H18N2O2/c1-4-17-12-8-13(10-16-9-12)19-14-6-5-11(2)7-15(14)18-3/h5-10,17H,4H2,1-3H3. The largest absolute Gasteiger partial charge is 0.493 e. The molecule has 0 saturated heterocycles. The number of ether oxygens (including phenoxy) is 2. The SMILES string of the molecule is CCNc1cncc(Oc2ccc(C)cc2OC)c1. The lowest BCUT2D eigenvalue weighted by Crippen LogP contribution is -1.97. The van der Waals surface area contributed by atoms with E-state index in [0.717, 1.165) is 17.8 Å². The molecule has 4 nitrogen and oxygen atoms in total. The summed E-state index contributed by atoms with van der Waals surface area (Å²) in [5, 5.41) is 3.20. The van der Waals surface area contributed by atoms with Crippen molar-refractivity contribution in [3.8, 4) is 17.2 Å². The predicted molar refractivity (Wildman–Crippen MR) is 76.2 cm³/mol. The molecule has 0 spiro atoms. The number of pyridine rings is 1. The van der Waals surface area contributed by atoms with Crippen LogP contribution in [0, 0.1) is 6.92 Å². The molecule has 1 aromatic heterocycles. The number of nitrogens with one attached hydrogen (secondary N) is 1. The summed E-state index contributed by atoms with van der Waals surface area (Å²) >= 11 is 0. The van der Waals surface area contributed by atoms with Crippen LogP contribution in [0.3, 0.4) is 0 Å². The molecule has 4 heteroatoms. The van der Waals surface area contributed by atoms with Crippen molar-refractivity contribution in [1.29, 1.82) is 0 Å². The van der Waals surface area contributed by atoms with Gasteiger partial charge >= 0.3 is 0 Å². The molecular formula is C15H18N2O2. The number of methoxy groups -OCH3 is 1. The van der Waals surface area contributed by atoms with E-state index >= 15 is 0 Å². The Morgan fingerprint density at radius 3 is 2.74 bits per heavy atom. The molecule has 19 heavy (non-hydrogen) atoms. The second kappa shape index (κ2) is 6.09. The maximum atomic E-state index is 5.81. The van der Waals surface area contributed by atoms with Gasteiger partial charge in [-0.25, -0.2) is 0 Å². The van der Waals surface area contributed by atoms with Gasteiger partial charge in [-0.1, -0.05) is 6.07 Å². The number of hydrogen-bond acceptors (Lipinski definition) is 4. The molecule has 0 radical (unpaired) electrons. The van der Waals surface area contributed by atoms with Gasteiger partial charge in [0.05, 0.1) is 25.2 Å². The van der Waals surface area contributed by atoms with E-state index in [4.69, 9.17) is 9.47 Å². The van der Waals surface area contributed by atoms with E-state index in [2.05, 4.69) is 10.3 Å². The first-order valence-corrected chi connectivity index (χ1v) is 6.24. The highest BCUT2D eigenvalue weighted by Gasteiger charge is 2.06. The Kier molecular flexibility index (Phi) is 4.23. The first-order valence-electron chi connectivity index (χ1n) is 6.24. The van der Waals surface area contributed by atoms with Crippen molar-refractivity contribution >= 4 is 5.69 Å². The topological polar surface area (TPSA) is 43.4 Å². The minimum atomic E-state index is 0.681. The van der Waals surface area contributed by atoms with Gasteiger partial charge in [0.1, 0.15) is 5.75 Å². The molecular weight excluding hydrogens is 240 g/mol. The summed E-state index contributed by atoms with van der Waals surface area (Å²) in [6, 6.07) is 7.74. The van der Waals surface area contributed by atoms with Crippen LogP contribution in [0.25, 0.3) is 0 Å². The maximum absolute atomic E-state index is 5.81. The summed E-state index contributed by atoms with van der Waals surface area (Å²) in [5.74, 6) is 2.08. The molecule has 0 unspecified atom stereocenters. The lowest BCUT2D eigenvalue weighted by molar-refractivity contribution is 0.378. The molecule has 0 amide bonds. The summed E-state index contributed by atoms with van der Waals surface area (Å²) in [5.41, 5.74) is 2.06. The molecule has 2 aromatic rings. The Morgan fingerprint density at radius 2 is 2.00 bits per heavy atom. The fourth-order valence-electron chi connectivity index (χ4n) is 1.76. The number of anilines is 1. The van der Waals surface area contributed by atoms with Crippen LogP contribution in [0.15, 0.2) is 36.7 Å². The molecule has 0 bridgehead atoms. The lowest BCUT2D eigenvalue weighted by atomic mass is 10.2. The zero-order valence-electron chi connectivity index (χ0n) is 11.4. The molecule has 1 N–H and O–H groups in total. The fourth-order valence-corrected chi connectivity index (χ4v) is 1.76. The first kappa shape index (κ1) is 13.2. The minimum Gasteiger partial charge on any atom is -0.493 e. The van der Waals surface area contributed by atoms with Crippen molar-refractivity contribution in [2.75, 3.05) is 19.0 Å². The fraction of sp³-hybridized carbons (Fsp3) is 0.267. The van der Waals surface area contributed by atoms with Gasteiger partial charge in [-0.05, 0) is 31.5 Å². The Balaban J connectivity index is 2.23. The third kappa shape index (κ3) is 3.37. The van der Waals surface area contributed by atoms with Crippen LogP contribution in [-0.4, -0.2) is 18.6 Å². The number of hydrogen-bond donors (Lipinski definition) is 1. The van der Waals surface area contributed by atoms with Crippen LogP contribution in [0.5, 0.6) is 17.2 Å². The molecule has 0 aliphatic carbocycles. The van der Waals surface area contributed by atoms with Crippen LogP contribution in [0.4, 0.5) is 5.69 Å². The minimum absolute atomic E-state index is 0.681.